The van der Waals surface area contributed by atoms with Crippen LogP contribution in [0.25, 0.3) is 11.1 Å². The Labute approximate surface area is 201 Å². The Bertz CT molecular complexity index is 1150. The molecule has 0 spiro atoms. The molecule has 4 heteroatoms. The van der Waals surface area contributed by atoms with Gasteiger partial charge in [-0.3, -0.25) is 4.48 Å². The van der Waals surface area contributed by atoms with Gasteiger partial charge in [-0.2, -0.15) is 0 Å². The monoisotopic (exact) mass is 454 g/mol. The van der Waals surface area contributed by atoms with Crippen molar-refractivity contribution >= 4 is 5.97 Å². The number of hydrogen-bond acceptors (Lipinski definition) is 3. The molecule has 7 rings (SSSR count). The van der Waals surface area contributed by atoms with Crippen molar-refractivity contribution in [2.75, 3.05) is 19.6 Å². The zero-order chi connectivity index (χ0) is 23.2. The minimum atomic E-state index is -1.75. The number of quaternary nitrogens is 1. The Morgan fingerprint density at radius 2 is 1.47 bits per heavy atom. The van der Waals surface area contributed by atoms with E-state index in [0.29, 0.717) is 17.0 Å². The van der Waals surface area contributed by atoms with Crippen LogP contribution in [0.5, 0.6) is 0 Å². The number of carbonyl (C=O) groups is 1. The molecular formula is C30H32NO3+. The number of rotatable bonds is 6. The molecule has 0 radical (unpaired) electrons. The maximum absolute atomic E-state index is 13.8. The van der Waals surface area contributed by atoms with Crippen LogP contribution in [0.1, 0.15) is 42.4 Å². The molecule has 3 aromatic carbocycles. The van der Waals surface area contributed by atoms with Crippen molar-refractivity contribution < 1.29 is 19.1 Å². The maximum Gasteiger partial charge on any atom is 0.352 e. The van der Waals surface area contributed by atoms with E-state index in [-0.39, 0.29) is 6.23 Å². The molecule has 1 N–H and O–H groups in total. The van der Waals surface area contributed by atoms with Crippen LogP contribution < -0.4 is 0 Å². The van der Waals surface area contributed by atoms with Crippen molar-refractivity contribution in [2.24, 2.45) is 5.92 Å². The van der Waals surface area contributed by atoms with Gasteiger partial charge in [0.25, 0.3) is 0 Å². The highest BCUT2D eigenvalue weighted by Gasteiger charge is 2.54. The first-order chi connectivity index (χ1) is 16.6. The summed E-state index contributed by atoms with van der Waals surface area (Å²) in [5, 5.41) is 11.9. The molecule has 3 fully saturated rings. The first-order valence-electron chi connectivity index (χ1n) is 12.6. The molecule has 0 unspecified atom stereocenters. The van der Waals surface area contributed by atoms with Crippen molar-refractivity contribution in [3.8, 4) is 11.1 Å². The minimum Gasteiger partial charge on any atom is -0.410 e. The highest BCUT2D eigenvalue weighted by atomic mass is 16.6. The average Bonchev–Trinajstić information content (AvgIpc) is 3.15. The Morgan fingerprint density at radius 3 is 2.12 bits per heavy atom. The number of piperidine rings is 3. The fourth-order valence-electron chi connectivity index (χ4n) is 6.58. The van der Waals surface area contributed by atoms with E-state index in [4.69, 9.17) is 4.74 Å². The van der Waals surface area contributed by atoms with Gasteiger partial charge in [0.2, 0.25) is 11.8 Å². The molecule has 0 saturated carbocycles. The molecule has 174 valence electrons. The van der Waals surface area contributed by atoms with Crippen molar-refractivity contribution in [2.45, 2.75) is 43.9 Å². The molecule has 1 atom stereocenters. The summed E-state index contributed by atoms with van der Waals surface area (Å²) in [6, 6.07) is 25.9. The van der Waals surface area contributed by atoms with Crippen LogP contribution >= 0.6 is 0 Å². The summed E-state index contributed by atoms with van der Waals surface area (Å²) < 4.78 is 7.16. The lowest BCUT2D eigenvalue weighted by Gasteiger charge is -2.53. The second kappa shape index (κ2) is 8.37. The van der Waals surface area contributed by atoms with E-state index in [2.05, 4.69) is 30.3 Å². The summed E-state index contributed by atoms with van der Waals surface area (Å²) in [6.45, 7) is 3.12. The number of aliphatic hydroxyl groups is 1. The molecule has 4 aliphatic rings. The second-order valence-electron chi connectivity index (χ2n) is 10.3. The lowest BCUT2D eigenvalue weighted by atomic mass is 9.83. The van der Waals surface area contributed by atoms with Crippen LogP contribution in [0.4, 0.5) is 0 Å². The van der Waals surface area contributed by atoms with Gasteiger partial charge < -0.3 is 9.84 Å². The van der Waals surface area contributed by atoms with Crippen LogP contribution in [0.15, 0.2) is 78.9 Å². The number of fused-ring (bicyclic) bond motifs is 6. The average molecular weight is 455 g/mol. The lowest BCUT2D eigenvalue weighted by Crippen LogP contribution is -2.66. The topological polar surface area (TPSA) is 46.5 Å². The van der Waals surface area contributed by atoms with E-state index in [0.717, 1.165) is 54.5 Å². The highest BCUT2D eigenvalue weighted by molar-refractivity contribution is 5.96. The summed E-state index contributed by atoms with van der Waals surface area (Å²) in [5.74, 6) is 0.0905. The Morgan fingerprint density at radius 1 is 0.882 bits per heavy atom. The third kappa shape index (κ3) is 3.40. The van der Waals surface area contributed by atoms with Gasteiger partial charge in [0.1, 0.15) is 0 Å². The van der Waals surface area contributed by atoms with Crippen LogP contribution in [0.2, 0.25) is 0 Å². The van der Waals surface area contributed by atoms with Crippen molar-refractivity contribution in [3.05, 3.63) is 95.6 Å². The summed E-state index contributed by atoms with van der Waals surface area (Å²) in [4.78, 5) is 13.8. The summed E-state index contributed by atoms with van der Waals surface area (Å²) >= 11 is 0. The maximum atomic E-state index is 13.8. The van der Waals surface area contributed by atoms with Crippen molar-refractivity contribution in [1.29, 1.82) is 0 Å². The van der Waals surface area contributed by atoms with Gasteiger partial charge in [-0.25, -0.2) is 4.79 Å². The van der Waals surface area contributed by atoms with E-state index in [1.165, 1.54) is 18.4 Å². The molecule has 0 aromatic heterocycles. The molecule has 3 heterocycles. The Balaban J connectivity index is 1.26. The van der Waals surface area contributed by atoms with Crippen molar-refractivity contribution in [1.82, 2.24) is 0 Å². The molecule has 3 saturated heterocycles. The minimum absolute atomic E-state index is 0.181. The van der Waals surface area contributed by atoms with Crippen LogP contribution in [-0.2, 0) is 21.6 Å². The predicted octanol–water partition coefficient (Wildman–Crippen LogP) is 5.04. The SMILES string of the molecule is O=C(O[C@@H]1CC2CC[N+]1(CCCc1ccccc1)CC2)C1(O)c2ccccc2-c2ccccc21. The Hall–Kier alpha value is -2.95. The number of benzene rings is 3. The van der Waals surface area contributed by atoms with Gasteiger partial charge in [-0.1, -0.05) is 78.9 Å². The Kier molecular flexibility index (Phi) is 5.31. The first-order valence-corrected chi connectivity index (χ1v) is 12.6. The van der Waals surface area contributed by atoms with E-state index in [1.807, 2.05) is 48.5 Å². The molecular weight excluding hydrogens is 422 g/mol. The largest absolute Gasteiger partial charge is 0.410 e. The standard InChI is InChI=1S/C30H32NO3/c32-29(30(33)26-14-6-4-12-24(26)25-13-5-7-15-27(25)30)34-28-21-23-16-19-31(28,20-17-23)18-8-11-22-9-2-1-3-10-22/h1-7,9-10,12-15,23,28,33H,8,11,16-21H2/q+1/t23?,28-,31?/m1/s1. The second-order valence-corrected chi connectivity index (χ2v) is 10.3. The number of aryl methyl sites for hydroxylation is 1. The zero-order valence-electron chi connectivity index (χ0n) is 19.5. The predicted molar refractivity (Wildman–Crippen MR) is 132 cm³/mol. The van der Waals surface area contributed by atoms with E-state index in [9.17, 15) is 9.90 Å². The molecule has 3 aromatic rings. The number of hydrogen-bond donors (Lipinski definition) is 1. The number of carbonyl (C=O) groups excluding carboxylic acids is 1. The van der Waals surface area contributed by atoms with Gasteiger partial charge in [-0.15, -0.1) is 0 Å². The smallest absolute Gasteiger partial charge is 0.352 e. The van der Waals surface area contributed by atoms with Crippen LogP contribution in [-0.4, -0.2) is 41.4 Å². The van der Waals surface area contributed by atoms with Gasteiger partial charge in [0.15, 0.2) is 0 Å². The van der Waals surface area contributed by atoms with Crippen LogP contribution in [0, 0.1) is 5.92 Å². The number of nitrogens with zero attached hydrogens (tertiary/aromatic N) is 1. The van der Waals surface area contributed by atoms with Crippen molar-refractivity contribution in [3.63, 3.8) is 0 Å². The van der Waals surface area contributed by atoms with Gasteiger partial charge >= 0.3 is 5.97 Å². The normalized spacial score (nSPS) is 26.0. The third-order valence-corrected chi connectivity index (χ3v) is 8.49. The fourth-order valence-corrected chi connectivity index (χ4v) is 6.58. The zero-order valence-corrected chi connectivity index (χ0v) is 19.5. The fraction of sp³-hybridized carbons (Fsp3) is 0.367. The van der Waals surface area contributed by atoms with E-state index < -0.39 is 11.6 Å². The molecule has 2 bridgehead atoms. The summed E-state index contributed by atoms with van der Waals surface area (Å²) in [5.41, 5.74) is 2.69. The van der Waals surface area contributed by atoms with Gasteiger partial charge in [0.05, 0.1) is 19.6 Å². The van der Waals surface area contributed by atoms with E-state index >= 15 is 0 Å². The summed E-state index contributed by atoms with van der Waals surface area (Å²) in [6.07, 6.45) is 5.23. The highest BCUT2D eigenvalue weighted by Crippen LogP contribution is 2.49. The van der Waals surface area contributed by atoms with Gasteiger partial charge in [0, 0.05) is 36.8 Å². The molecule has 1 aliphatic carbocycles. The third-order valence-electron chi connectivity index (χ3n) is 8.49. The quantitative estimate of drug-likeness (QED) is 0.420. The molecule has 0 amide bonds. The van der Waals surface area contributed by atoms with Crippen LogP contribution in [0.3, 0.4) is 0 Å². The summed E-state index contributed by atoms with van der Waals surface area (Å²) in [7, 11) is 0. The van der Waals surface area contributed by atoms with Gasteiger partial charge in [-0.05, 0) is 29.0 Å². The lowest BCUT2D eigenvalue weighted by molar-refractivity contribution is -0.984. The molecule has 4 nitrogen and oxygen atoms in total. The van der Waals surface area contributed by atoms with E-state index in [1.54, 1.807) is 0 Å². The number of ether oxygens (including phenoxy) is 1. The molecule has 34 heavy (non-hydrogen) atoms. The number of esters is 1. The first kappa shape index (κ1) is 21.6. The molecule has 3 aliphatic heterocycles.